The summed E-state index contributed by atoms with van der Waals surface area (Å²) >= 11 is 5.54. The largest absolute Gasteiger partial charge is 0.462 e. The molecule has 1 aromatic carbocycles. The molecule has 23 heavy (non-hydrogen) atoms. The van der Waals surface area contributed by atoms with E-state index in [0.717, 1.165) is 17.8 Å². The highest BCUT2D eigenvalue weighted by Crippen LogP contribution is 2.27. The first kappa shape index (κ1) is 17.7. The van der Waals surface area contributed by atoms with Crippen LogP contribution in [0.2, 0.25) is 0 Å². The van der Waals surface area contributed by atoms with Crippen molar-refractivity contribution < 1.29 is 9.53 Å². The maximum Gasteiger partial charge on any atom is 0.333 e. The van der Waals surface area contributed by atoms with Gasteiger partial charge in [-0.2, -0.15) is 0 Å². The zero-order valence-corrected chi connectivity index (χ0v) is 14.9. The van der Waals surface area contributed by atoms with Gasteiger partial charge in [0.25, 0.3) is 0 Å². The second-order valence-electron chi connectivity index (χ2n) is 7.08. The highest BCUT2D eigenvalue weighted by molar-refractivity contribution is 7.80. The van der Waals surface area contributed by atoms with Gasteiger partial charge >= 0.3 is 5.97 Å². The fraction of sp³-hybridized carbons (Fsp3) is 0.474. The van der Waals surface area contributed by atoms with Crippen LogP contribution in [0, 0.1) is 11.3 Å². The van der Waals surface area contributed by atoms with Crippen LogP contribution >= 0.6 is 12.2 Å². The van der Waals surface area contributed by atoms with Crippen LogP contribution in [0.15, 0.2) is 42.5 Å². The van der Waals surface area contributed by atoms with Gasteiger partial charge in [0.05, 0.1) is 4.99 Å². The van der Waals surface area contributed by atoms with E-state index in [9.17, 15) is 4.79 Å². The van der Waals surface area contributed by atoms with Crippen molar-refractivity contribution in [1.82, 2.24) is 5.32 Å². The number of hydrogen-bond acceptors (Lipinski definition) is 3. The summed E-state index contributed by atoms with van der Waals surface area (Å²) in [6.45, 7) is 10.5. The van der Waals surface area contributed by atoms with Crippen LogP contribution in [0.5, 0.6) is 0 Å². The number of carbonyl (C=O) groups excluding carboxylic acids is 1. The number of nitrogens with one attached hydrogen (secondary N) is 1. The molecule has 1 fully saturated rings. The molecule has 4 heteroatoms. The first-order chi connectivity index (χ1) is 10.8. The number of hydrogen-bond donors (Lipinski definition) is 1. The van der Waals surface area contributed by atoms with E-state index < -0.39 is 0 Å². The molecular formula is C19H25NO2S. The third kappa shape index (κ3) is 4.64. The zero-order chi connectivity index (χ0) is 17.0. The molecule has 0 amide bonds. The number of esters is 1. The van der Waals surface area contributed by atoms with Gasteiger partial charge in [0, 0.05) is 22.9 Å². The lowest BCUT2D eigenvalue weighted by Crippen LogP contribution is -2.45. The first-order valence-corrected chi connectivity index (χ1v) is 8.40. The zero-order valence-electron chi connectivity index (χ0n) is 14.1. The van der Waals surface area contributed by atoms with Crippen molar-refractivity contribution in [2.24, 2.45) is 11.3 Å². The monoisotopic (exact) mass is 331 g/mol. The molecule has 1 aromatic rings. The molecule has 1 N–H and O–H groups in total. The summed E-state index contributed by atoms with van der Waals surface area (Å²) < 4.78 is 5.16. The number of benzene rings is 1. The first-order valence-electron chi connectivity index (χ1n) is 8.00. The normalized spacial score (nSPS) is 19.3. The van der Waals surface area contributed by atoms with Gasteiger partial charge in [0.2, 0.25) is 0 Å². The molecule has 0 spiro atoms. The molecule has 2 atom stereocenters. The van der Waals surface area contributed by atoms with E-state index in [1.807, 2.05) is 18.2 Å². The Balaban J connectivity index is 2.09. The Morgan fingerprint density at radius 3 is 2.57 bits per heavy atom. The van der Waals surface area contributed by atoms with Crippen molar-refractivity contribution in [3.05, 3.63) is 48.0 Å². The number of ether oxygens (including phenoxy) is 1. The summed E-state index contributed by atoms with van der Waals surface area (Å²) in [6.07, 6.45) is 1.80. The number of rotatable bonds is 5. The Bertz CT molecular complexity index is 589. The van der Waals surface area contributed by atoms with E-state index >= 15 is 0 Å². The van der Waals surface area contributed by atoms with Gasteiger partial charge in [0.1, 0.15) is 6.61 Å². The van der Waals surface area contributed by atoms with Gasteiger partial charge in [-0.15, -0.1) is 0 Å². The van der Waals surface area contributed by atoms with Crippen molar-refractivity contribution in [2.45, 2.75) is 39.7 Å². The van der Waals surface area contributed by atoms with Crippen LogP contribution in [0.4, 0.5) is 0 Å². The van der Waals surface area contributed by atoms with E-state index in [1.54, 1.807) is 0 Å². The molecular weight excluding hydrogens is 306 g/mol. The summed E-state index contributed by atoms with van der Waals surface area (Å²) in [4.78, 5) is 12.5. The van der Waals surface area contributed by atoms with E-state index in [2.05, 4.69) is 44.8 Å². The number of thiocarbonyl (C=S) groups is 1. The fourth-order valence-electron chi connectivity index (χ4n) is 2.59. The minimum Gasteiger partial charge on any atom is -0.462 e. The molecule has 2 rings (SSSR count). The standard InChI is InChI=1S/C19H25NO2S/c1-13-15(12-22-17(13)21)16(20-18(23)19(2,3)4)11-10-14-8-6-5-7-9-14/h5-9,15-16H,1,10-12H2,2-4H3,(H,20,23). The Morgan fingerprint density at radius 1 is 1.39 bits per heavy atom. The molecule has 0 bridgehead atoms. The van der Waals surface area contributed by atoms with Gasteiger partial charge in [-0.1, -0.05) is 69.9 Å². The SMILES string of the molecule is C=C1C(=O)OCC1C(CCc1ccccc1)NC(=S)C(C)(C)C. The van der Waals surface area contributed by atoms with Crippen molar-refractivity contribution in [2.75, 3.05) is 6.61 Å². The molecule has 0 saturated carbocycles. The maximum atomic E-state index is 11.7. The lowest BCUT2D eigenvalue weighted by Gasteiger charge is -2.30. The fourth-order valence-corrected chi connectivity index (χ4v) is 2.75. The second-order valence-corrected chi connectivity index (χ2v) is 7.49. The predicted molar refractivity (Wildman–Crippen MR) is 97.3 cm³/mol. The van der Waals surface area contributed by atoms with Crippen molar-refractivity contribution >= 4 is 23.2 Å². The highest BCUT2D eigenvalue weighted by Gasteiger charge is 2.36. The van der Waals surface area contributed by atoms with Gasteiger partial charge in [-0.3, -0.25) is 0 Å². The van der Waals surface area contributed by atoms with Crippen LogP contribution in [0.3, 0.4) is 0 Å². The minimum absolute atomic E-state index is 0.0217. The van der Waals surface area contributed by atoms with Crippen LogP contribution < -0.4 is 5.32 Å². The molecule has 1 aliphatic rings. The van der Waals surface area contributed by atoms with E-state index in [-0.39, 0.29) is 23.3 Å². The Hall–Kier alpha value is -1.68. The topological polar surface area (TPSA) is 38.3 Å². The number of carbonyl (C=O) groups is 1. The molecule has 2 unspecified atom stereocenters. The van der Waals surface area contributed by atoms with Crippen LogP contribution in [0.25, 0.3) is 0 Å². The summed E-state index contributed by atoms with van der Waals surface area (Å²) in [5.41, 5.74) is 1.72. The molecule has 1 aliphatic heterocycles. The quantitative estimate of drug-likeness (QED) is 0.507. The van der Waals surface area contributed by atoms with Gasteiger partial charge in [-0.05, 0) is 18.4 Å². The summed E-state index contributed by atoms with van der Waals surface area (Å²) in [6, 6.07) is 10.4. The Kier molecular flexibility index (Phi) is 5.58. The summed E-state index contributed by atoms with van der Waals surface area (Å²) in [5, 5.41) is 3.46. The van der Waals surface area contributed by atoms with E-state index in [1.165, 1.54) is 5.56 Å². The van der Waals surface area contributed by atoms with Gasteiger partial charge in [0.15, 0.2) is 0 Å². The second kappa shape index (κ2) is 7.26. The Morgan fingerprint density at radius 2 is 2.04 bits per heavy atom. The Labute approximate surface area is 144 Å². The molecule has 0 aliphatic carbocycles. The van der Waals surface area contributed by atoms with Gasteiger partial charge in [-0.25, -0.2) is 4.79 Å². The van der Waals surface area contributed by atoms with Crippen LogP contribution in [-0.4, -0.2) is 23.6 Å². The van der Waals surface area contributed by atoms with Crippen molar-refractivity contribution in [1.29, 1.82) is 0 Å². The van der Waals surface area contributed by atoms with Crippen molar-refractivity contribution in [3.63, 3.8) is 0 Å². The maximum absolute atomic E-state index is 11.7. The molecule has 3 nitrogen and oxygen atoms in total. The third-order valence-electron chi connectivity index (χ3n) is 4.17. The van der Waals surface area contributed by atoms with E-state index in [0.29, 0.717) is 12.2 Å². The van der Waals surface area contributed by atoms with Crippen LogP contribution in [-0.2, 0) is 16.0 Å². The lowest BCUT2D eigenvalue weighted by atomic mass is 9.88. The summed E-state index contributed by atoms with van der Waals surface area (Å²) in [5.74, 6) is -0.310. The third-order valence-corrected chi connectivity index (χ3v) is 4.90. The summed E-state index contributed by atoms with van der Waals surface area (Å²) in [7, 11) is 0. The molecule has 1 heterocycles. The predicted octanol–water partition coefficient (Wildman–Crippen LogP) is 3.68. The smallest absolute Gasteiger partial charge is 0.333 e. The molecule has 0 aromatic heterocycles. The van der Waals surface area contributed by atoms with Gasteiger partial charge < -0.3 is 10.1 Å². The molecule has 124 valence electrons. The van der Waals surface area contributed by atoms with E-state index in [4.69, 9.17) is 17.0 Å². The molecule has 0 radical (unpaired) electrons. The minimum atomic E-state index is -0.289. The van der Waals surface area contributed by atoms with Crippen molar-refractivity contribution in [3.8, 4) is 0 Å². The lowest BCUT2D eigenvalue weighted by molar-refractivity contribution is -0.135. The number of cyclic esters (lactones) is 1. The molecule has 1 saturated heterocycles. The average molecular weight is 331 g/mol. The average Bonchev–Trinajstić information content (AvgIpc) is 2.83. The number of aryl methyl sites for hydroxylation is 1. The van der Waals surface area contributed by atoms with Crippen LogP contribution in [0.1, 0.15) is 32.8 Å². The highest BCUT2D eigenvalue weighted by atomic mass is 32.1.